The third-order valence-electron chi connectivity index (χ3n) is 3.24. The van der Waals surface area contributed by atoms with Crippen molar-refractivity contribution in [3.63, 3.8) is 0 Å². The number of piperidine rings is 1. The number of nitrogens with one attached hydrogen (secondary N) is 1. The number of nitrogens with zero attached hydrogens (tertiary/aromatic N) is 2. The Morgan fingerprint density at radius 1 is 1.61 bits per heavy atom. The minimum atomic E-state index is 0.505. The van der Waals surface area contributed by atoms with E-state index in [0.717, 1.165) is 41.4 Å². The summed E-state index contributed by atoms with van der Waals surface area (Å²) in [4.78, 5) is 6.84. The zero-order chi connectivity index (χ0) is 13.0. The van der Waals surface area contributed by atoms with Crippen molar-refractivity contribution in [2.24, 2.45) is 0 Å². The molecule has 1 fully saturated rings. The maximum Gasteiger partial charge on any atom is 0.147 e. The maximum atomic E-state index is 6.32. The van der Waals surface area contributed by atoms with Gasteiger partial charge in [0.2, 0.25) is 0 Å². The van der Waals surface area contributed by atoms with Crippen LogP contribution in [0.1, 0.15) is 26.2 Å². The summed E-state index contributed by atoms with van der Waals surface area (Å²) in [6.07, 6.45) is 5.35. The van der Waals surface area contributed by atoms with Crippen LogP contribution >= 0.6 is 27.5 Å². The van der Waals surface area contributed by atoms with Crippen LogP contribution in [0.15, 0.2) is 16.7 Å². The van der Waals surface area contributed by atoms with Crippen LogP contribution in [0.5, 0.6) is 0 Å². The first kappa shape index (κ1) is 14.1. The van der Waals surface area contributed by atoms with Gasteiger partial charge in [-0.1, -0.05) is 18.5 Å². The first-order valence-corrected chi connectivity index (χ1v) is 7.68. The maximum absolute atomic E-state index is 6.32. The molecule has 2 heterocycles. The molecule has 5 heteroatoms. The van der Waals surface area contributed by atoms with Gasteiger partial charge in [0.05, 0.1) is 5.02 Å². The zero-order valence-corrected chi connectivity index (χ0v) is 13.0. The van der Waals surface area contributed by atoms with Crippen LogP contribution in [-0.2, 0) is 0 Å². The molecule has 1 aromatic heterocycles. The van der Waals surface area contributed by atoms with Gasteiger partial charge in [-0.05, 0) is 47.8 Å². The third-order valence-corrected chi connectivity index (χ3v) is 3.95. The highest BCUT2D eigenvalue weighted by Gasteiger charge is 2.23. The van der Waals surface area contributed by atoms with Gasteiger partial charge in [-0.15, -0.1) is 0 Å². The summed E-state index contributed by atoms with van der Waals surface area (Å²) < 4.78 is 0.925. The Morgan fingerprint density at radius 3 is 3.06 bits per heavy atom. The molecule has 0 bridgehead atoms. The molecular weight excluding hydrogens is 314 g/mol. The molecule has 2 rings (SSSR count). The van der Waals surface area contributed by atoms with E-state index >= 15 is 0 Å². The molecule has 18 heavy (non-hydrogen) atoms. The van der Waals surface area contributed by atoms with Crippen molar-refractivity contribution in [3.8, 4) is 0 Å². The van der Waals surface area contributed by atoms with Crippen LogP contribution in [0, 0.1) is 0 Å². The molecule has 0 saturated carbocycles. The molecule has 0 spiro atoms. The van der Waals surface area contributed by atoms with E-state index in [9.17, 15) is 0 Å². The van der Waals surface area contributed by atoms with Gasteiger partial charge in [0.25, 0.3) is 0 Å². The molecule has 100 valence electrons. The van der Waals surface area contributed by atoms with Gasteiger partial charge in [0.1, 0.15) is 5.82 Å². The predicted octanol–water partition coefficient (Wildman–Crippen LogP) is 3.47. The highest BCUT2D eigenvalue weighted by molar-refractivity contribution is 9.10. The molecule has 1 saturated heterocycles. The van der Waals surface area contributed by atoms with Crippen LogP contribution in [0.4, 0.5) is 5.82 Å². The fourth-order valence-electron chi connectivity index (χ4n) is 2.42. The van der Waals surface area contributed by atoms with Gasteiger partial charge in [0.15, 0.2) is 0 Å². The fraction of sp³-hybridized carbons (Fsp3) is 0.615. The monoisotopic (exact) mass is 331 g/mol. The highest BCUT2D eigenvalue weighted by Crippen LogP contribution is 2.29. The molecule has 1 N–H and O–H groups in total. The Labute approximate surface area is 122 Å². The van der Waals surface area contributed by atoms with E-state index in [0.29, 0.717) is 6.04 Å². The van der Waals surface area contributed by atoms with E-state index in [1.54, 1.807) is 0 Å². The Balaban J connectivity index is 2.22. The third kappa shape index (κ3) is 3.37. The van der Waals surface area contributed by atoms with Crippen molar-refractivity contribution in [2.75, 3.05) is 24.5 Å². The van der Waals surface area contributed by atoms with E-state index < -0.39 is 0 Å². The van der Waals surface area contributed by atoms with Crippen molar-refractivity contribution < 1.29 is 0 Å². The number of hydrogen-bond acceptors (Lipinski definition) is 3. The number of aromatic nitrogens is 1. The summed E-state index contributed by atoms with van der Waals surface area (Å²) >= 11 is 9.73. The number of halogens is 2. The molecule has 0 aromatic carbocycles. The van der Waals surface area contributed by atoms with Crippen molar-refractivity contribution in [3.05, 3.63) is 21.8 Å². The Kier molecular flexibility index (Phi) is 5.27. The molecule has 1 aromatic rings. The van der Waals surface area contributed by atoms with Crippen molar-refractivity contribution in [1.82, 2.24) is 10.3 Å². The Bertz CT molecular complexity index is 394. The zero-order valence-electron chi connectivity index (χ0n) is 10.6. The first-order valence-electron chi connectivity index (χ1n) is 6.50. The van der Waals surface area contributed by atoms with Gasteiger partial charge in [-0.3, -0.25) is 0 Å². The van der Waals surface area contributed by atoms with Gasteiger partial charge in [0, 0.05) is 29.8 Å². The molecule has 1 aliphatic heterocycles. The van der Waals surface area contributed by atoms with Crippen LogP contribution in [0.25, 0.3) is 0 Å². The van der Waals surface area contributed by atoms with Gasteiger partial charge >= 0.3 is 0 Å². The van der Waals surface area contributed by atoms with Crippen LogP contribution < -0.4 is 10.2 Å². The summed E-state index contributed by atoms with van der Waals surface area (Å²) in [5.74, 6) is 0.912. The molecule has 0 radical (unpaired) electrons. The smallest absolute Gasteiger partial charge is 0.147 e. The fourth-order valence-corrected chi connectivity index (χ4v) is 3.16. The molecule has 0 amide bonds. The summed E-state index contributed by atoms with van der Waals surface area (Å²) in [7, 11) is 0. The normalized spacial score (nSPS) is 19.8. The van der Waals surface area contributed by atoms with Crippen molar-refractivity contribution >= 4 is 33.3 Å². The van der Waals surface area contributed by atoms with Crippen molar-refractivity contribution in [1.29, 1.82) is 0 Å². The minimum absolute atomic E-state index is 0.505. The van der Waals surface area contributed by atoms with E-state index in [1.807, 2.05) is 12.3 Å². The first-order chi connectivity index (χ1) is 8.72. The number of anilines is 1. The second kappa shape index (κ2) is 6.73. The average molecular weight is 333 g/mol. The number of pyridine rings is 1. The topological polar surface area (TPSA) is 28.2 Å². The molecule has 0 aliphatic carbocycles. The largest absolute Gasteiger partial charge is 0.351 e. The molecule has 1 atom stereocenters. The quantitative estimate of drug-likeness (QED) is 0.915. The average Bonchev–Trinajstić information content (AvgIpc) is 2.38. The van der Waals surface area contributed by atoms with Crippen molar-refractivity contribution in [2.45, 2.75) is 32.2 Å². The summed E-state index contributed by atoms with van der Waals surface area (Å²) in [5.41, 5.74) is 0. The predicted molar refractivity (Wildman–Crippen MR) is 80.5 cm³/mol. The van der Waals surface area contributed by atoms with E-state index in [-0.39, 0.29) is 0 Å². The highest BCUT2D eigenvalue weighted by atomic mass is 79.9. The SMILES string of the molecule is CCCN(c1ncc(Br)cc1Cl)C1CCCNC1. The van der Waals surface area contributed by atoms with Gasteiger partial charge in [-0.2, -0.15) is 0 Å². The summed E-state index contributed by atoms with van der Waals surface area (Å²) in [6, 6.07) is 2.42. The van der Waals surface area contributed by atoms with Gasteiger partial charge < -0.3 is 10.2 Å². The molecule has 1 unspecified atom stereocenters. The van der Waals surface area contributed by atoms with E-state index in [4.69, 9.17) is 11.6 Å². The lowest BCUT2D eigenvalue weighted by Gasteiger charge is -2.36. The van der Waals surface area contributed by atoms with E-state index in [1.165, 1.54) is 12.8 Å². The lowest BCUT2D eigenvalue weighted by molar-refractivity contribution is 0.429. The molecule has 3 nitrogen and oxygen atoms in total. The standard InChI is InChI=1S/C13H19BrClN3/c1-2-6-18(11-4-3-5-16-9-11)13-12(15)7-10(14)8-17-13/h7-8,11,16H,2-6,9H2,1H3. The Morgan fingerprint density at radius 2 is 2.44 bits per heavy atom. The minimum Gasteiger partial charge on any atom is -0.351 e. The van der Waals surface area contributed by atoms with Gasteiger partial charge in [-0.25, -0.2) is 4.98 Å². The summed E-state index contributed by atoms with van der Waals surface area (Å²) in [6.45, 7) is 5.34. The second-order valence-corrected chi connectivity index (χ2v) is 5.98. The number of hydrogen-bond donors (Lipinski definition) is 1. The lowest BCUT2D eigenvalue weighted by atomic mass is 10.1. The van der Waals surface area contributed by atoms with Crippen LogP contribution in [-0.4, -0.2) is 30.7 Å². The second-order valence-electron chi connectivity index (χ2n) is 4.65. The summed E-state index contributed by atoms with van der Waals surface area (Å²) in [5, 5.41) is 4.18. The van der Waals surface area contributed by atoms with Crippen LogP contribution in [0.2, 0.25) is 5.02 Å². The van der Waals surface area contributed by atoms with E-state index in [2.05, 4.69) is 38.1 Å². The van der Waals surface area contributed by atoms with Crippen LogP contribution in [0.3, 0.4) is 0 Å². The Hall–Kier alpha value is -0.320. The number of rotatable bonds is 4. The lowest BCUT2D eigenvalue weighted by Crippen LogP contribution is -2.47. The molecular formula is C13H19BrClN3. The molecule has 1 aliphatic rings.